The van der Waals surface area contributed by atoms with Gasteiger partial charge in [0.2, 0.25) is 5.91 Å². The maximum absolute atomic E-state index is 12.0. The van der Waals surface area contributed by atoms with Crippen molar-refractivity contribution in [2.75, 3.05) is 13.1 Å². The topological polar surface area (TPSA) is 40.5 Å². The van der Waals surface area contributed by atoms with Crippen LogP contribution in [0.15, 0.2) is 34.8 Å². The van der Waals surface area contributed by atoms with E-state index >= 15 is 0 Å². The van der Waals surface area contributed by atoms with E-state index in [0.717, 1.165) is 10.0 Å². The zero-order chi connectivity index (χ0) is 13.9. The molecule has 0 saturated carbocycles. The van der Waals surface area contributed by atoms with E-state index in [0.29, 0.717) is 25.9 Å². The van der Waals surface area contributed by atoms with Gasteiger partial charge in [0, 0.05) is 23.6 Å². The number of rotatable bonds is 2. The molecule has 1 amide bonds. The molecule has 102 valence electrons. The first kappa shape index (κ1) is 14.3. The molecular formula is C15H18BrNO2. The Labute approximate surface area is 122 Å². The summed E-state index contributed by atoms with van der Waals surface area (Å²) in [4.78, 5) is 13.8. The monoisotopic (exact) mass is 323 g/mol. The molecule has 1 fully saturated rings. The number of carbonyl (C=O) groups is 1. The van der Waals surface area contributed by atoms with Gasteiger partial charge in [0.25, 0.3) is 0 Å². The van der Waals surface area contributed by atoms with Gasteiger partial charge in [-0.25, -0.2) is 0 Å². The van der Waals surface area contributed by atoms with Crippen LogP contribution >= 0.6 is 15.9 Å². The zero-order valence-electron chi connectivity index (χ0n) is 11.0. The Morgan fingerprint density at radius 2 is 1.89 bits per heavy atom. The van der Waals surface area contributed by atoms with Gasteiger partial charge in [-0.1, -0.05) is 28.1 Å². The molecule has 1 aromatic rings. The summed E-state index contributed by atoms with van der Waals surface area (Å²) in [5.74, 6) is 0.0124. The summed E-state index contributed by atoms with van der Waals surface area (Å²) < 4.78 is 1.02. The molecule has 1 aromatic carbocycles. The summed E-state index contributed by atoms with van der Waals surface area (Å²) in [5, 5.41) is 9.85. The summed E-state index contributed by atoms with van der Waals surface area (Å²) in [6.07, 6.45) is 4.71. The zero-order valence-corrected chi connectivity index (χ0v) is 12.6. The molecule has 0 bridgehead atoms. The highest BCUT2D eigenvalue weighted by atomic mass is 79.9. The summed E-state index contributed by atoms with van der Waals surface area (Å²) in [6, 6.07) is 7.80. The summed E-state index contributed by atoms with van der Waals surface area (Å²) in [7, 11) is 0. The molecule has 0 spiro atoms. The van der Waals surface area contributed by atoms with Gasteiger partial charge in [-0.15, -0.1) is 0 Å². The standard InChI is InChI=1S/C15H18BrNO2/c1-15(19)8-10-17(11-9-15)14(18)7-4-12-2-5-13(16)6-3-12/h2-7,19H,8-11H2,1H3/b7-4+. The average Bonchev–Trinajstić information content (AvgIpc) is 2.37. The minimum atomic E-state index is -0.619. The molecule has 19 heavy (non-hydrogen) atoms. The highest BCUT2D eigenvalue weighted by Gasteiger charge is 2.28. The highest BCUT2D eigenvalue weighted by Crippen LogP contribution is 2.21. The third kappa shape index (κ3) is 4.18. The maximum atomic E-state index is 12.0. The van der Waals surface area contributed by atoms with Crippen molar-refractivity contribution in [3.8, 4) is 0 Å². The van der Waals surface area contributed by atoms with Crippen LogP contribution in [0.1, 0.15) is 25.3 Å². The lowest BCUT2D eigenvalue weighted by Crippen LogP contribution is -2.44. The van der Waals surface area contributed by atoms with Crippen molar-refractivity contribution in [1.82, 2.24) is 4.90 Å². The van der Waals surface area contributed by atoms with Gasteiger partial charge < -0.3 is 10.0 Å². The second-order valence-electron chi connectivity index (χ2n) is 5.21. The van der Waals surface area contributed by atoms with Crippen molar-refractivity contribution in [2.24, 2.45) is 0 Å². The van der Waals surface area contributed by atoms with Gasteiger partial charge in [-0.3, -0.25) is 4.79 Å². The highest BCUT2D eigenvalue weighted by molar-refractivity contribution is 9.10. The summed E-state index contributed by atoms with van der Waals surface area (Å²) in [5.41, 5.74) is 0.382. The second-order valence-corrected chi connectivity index (χ2v) is 6.12. The lowest BCUT2D eigenvalue weighted by molar-refractivity contribution is -0.129. The SMILES string of the molecule is CC1(O)CCN(C(=O)/C=C/c2ccc(Br)cc2)CC1. The molecule has 4 heteroatoms. The Hall–Kier alpha value is -1.13. The largest absolute Gasteiger partial charge is 0.390 e. The van der Waals surface area contributed by atoms with Crippen LogP contribution in [-0.2, 0) is 4.79 Å². The maximum Gasteiger partial charge on any atom is 0.246 e. The van der Waals surface area contributed by atoms with E-state index in [4.69, 9.17) is 0 Å². The Bertz CT molecular complexity index is 469. The minimum absolute atomic E-state index is 0.0124. The van der Waals surface area contributed by atoms with E-state index in [9.17, 15) is 9.90 Å². The number of likely N-dealkylation sites (tertiary alicyclic amines) is 1. The van der Waals surface area contributed by atoms with E-state index in [-0.39, 0.29) is 5.91 Å². The van der Waals surface area contributed by atoms with Gasteiger partial charge in [-0.05, 0) is 43.5 Å². The van der Waals surface area contributed by atoms with E-state index in [1.807, 2.05) is 37.3 Å². The number of carbonyl (C=O) groups excluding carboxylic acids is 1. The van der Waals surface area contributed by atoms with Crippen LogP contribution in [0.25, 0.3) is 6.08 Å². The first-order valence-electron chi connectivity index (χ1n) is 6.41. The average molecular weight is 324 g/mol. The predicted octanol–water partition coefficient (Wildman–Crippen LogP) is 2.84. The third-order valence-electron chi connectivity index (χ3n) is 3.44. The minimum Gasteiger partial charge on any atom is -0.390 e. The molecule has 1 heterocycles. The van der Waals surface area contributed by atoms with E-state index in [2.05, 4.69) is 15.9 Å². The van der Waals surface area contributed by atoms with Gasteiger partial charge in [0.05, 0.1) is 5.60 Å². The van der Waals surface area contributed by atoms with E-state index in [1.165, 1.54) is 0 Å². The first-order chi connectivity index (χ1) is 8.96. The lowest BCUT2D eigenvalue weighted by Gasteiger charge is -2.35. The van der Waals surface area contributed by atoms with Crippen LogP contribution in [-0.4, -0.2) is 34.6 Å². The van der Waals surface area contributed by atoms with Gasteiger partial charge in [0.15, 0.2) is 0 Å². The molecular weight excluding hydrogens is 306 g/mol. The number of hydrogen-bond donors (Lipinski definition) is 1. The molecule has 1 N–H and O–H groups in total. The van der Waals surface area contributed by atoms with Crippen molar-refractivity contribution in [1.29, 1.82) is 0 Å². The molecule has 1 aliphatic rings. The smallest absolute Gasteiger partial charge is 0.246 e. The van der Waals surface area contributed by atoms with E-state index in [1.54, 1.807) is 11.0 Å². The first-order valence-corrected chi connectivity index (χ1v) is 7.20. The fourth-order valence-corrected chi connectivity index (χ4v) is 2.32. The number of amides is 1. The van der Waals surface area contributed by atoms with Crippen LogP contribution in [0.2, 0.25) is 0 Å². The molecule has 0 aromatic heterocycles. The normalized spacial score (nSPS) is 18.8. The quantitative estimate of drug-likeness (QED) is 0.850. The Balaban J connectivity index is 1.92. The molecule has 0 radical (unpaired) electrons. The summed E-state index contributed by atoms with van der Waals surface area (Å²) in [6.45, 7) is 3.07. The molecule has 2 rings (SSSR count). The molecule has 0 aliphatic carbocycles. The lowest BCUT2D eigenvalue weighted by atomic mass is 9.94. The van der Waals surface area contributed by atoms with Gasteiger partial charge >= 0.3 is 0 Å². The second kappa shape index (κ2) is 5.88. The fraction of sp³-hybridized carbons (Fsp3) is 0.400. The predicted molar refractivity (Wildman–Crippen MR) is 79.6 cm³/mol. The number of halogens is 1. The van der Waals surface area contributed by atoms with Crippen LogP contribution < -0.4 is 0 Å². The Morgan fingerprint density at radius 3 is 2.47 bits per heavy atom. The molecule has 0 atom stereocenters. The summed E-state index contributed by atoms with van der Waals surface area (Å²) >= 11 is 3.38. The fourth-order valence-electron chi connectivity index (χ4n) is 2.06. The molecule has 0 unspecified atom stereocenters. The van der Waals surface area contributed by atoms with Crippen LogP contribution in [0.4, 0.5) is 0 Å². The molecule has 3 nitrogen and oxygen atoms in total. The number of nitrogens with zero attached hydrogens (tertiary/aromatic N) is 1. The van der Waals surface area contributed by atoms with Crippen molar-refractivity contribution < 1.29 is 9.90 Å². The molecule has 1 saturated heterocycles. The van der Waals surface area contributed by atoms with Crippen molar-refractivity contribution in [3.63, 3.8) is 0 Å². The van der Waals surface area contributed by atoms with Crippen LogP contribution in [0.3, 0.4) is 0 Å². The Kier molecular flexibility index (Phi) is 4.42. The number of hydrogen-bond acceptors (Lipinski definition) is 2. The van der Waals surface area contributed by atoms with Crippen molar-refractivity contribution in [3.05, 3.63) is 40.4 Å². The number of piperidine rings is 1. The van der Waals surface area contributed by atoms with E-state index < -0.39 is 5.60 Å². The number of benzene rings is 1. The van der Waals surface area contributed by atoms with Crippen molar-refractivity contribution in [2.45, 2.75) is 25.4 Å². The van der Waals surface area contributed by atoms with Crippen molar-refractivity contribution >= 4 is 27.9 Å². The van der Waals surface area contributed by atoms with Gasteiger partial charge in [0.1, 0.15) is 0 Å². The molecule has 1 aliphatic heterocycles. The van der Waals surface area contributed by atoms with Gasteiger partial charge in [-0.2, -0.15) is 0 Å². The Morgan fingerprint density at radius 1 is 1.32 bits per heavy atom. The number of aliphatic hydroxyl groups is 1. The van der Waals surface area contributed by atoms with Crippen LogP contribution in [0.5, 0.6) is 0 Å². The third-order valence-corrected chi connectivity index (χ3v) is 3.97. The van der Waals surface area contributed by atoms with Crippen LogP contribution in [0, 0.1) is 0 Å².